The van der Waals surface area contributed by atoms with Crippen molar-refractivity contribution in [1.82, 2.24) is 0 Å². The maximum absolute atomic E-state index is 13.4. The molecule has 1 aliphatic rings. The first-order valence-electron chi connectivity index (χ1n) is 7.41. The average Bonchev–Trinajstić information content (AvgIpc) is 3.09. The van der Waals surface area contributed by atoms with E-state index in [-0.39, 0.29) is 12.9 Å². The fourth-order valence-electron chi connectivity index (χ4n) is 2.11. The number of ether oxygens (including phenoxy) is 2. The number of allylic oxidation sites excluding steroid dienone is 3. The van der Waals surface area contributed by atoms with Crippen LogP contribution in [0.5, 0.6) is 11.5 Å². The second-order valence-corrected chi connectivity index (χ2v) is 5.09. The van der Waals surface area contributed by atoms with Gasteiger partial charge in [-0.1, -0.05) is 24.3 Å². The van der Waals surface area contributed by atoms with Gasteiger partial charge in [0.05, 0.1) is 0 Å². The Kier molecular flexibility index (Phi) is 5.21. The minimum absolute atomic E-state index is 0.125. The predicted octanol–water partition coefficient (Wildman–Crippen LogP) is 4.64. The molecule has 4 nitrogen and oxygen atoms in total. The lowest BCUT2D eigenvalue weighted by Crippen LogP contribution is -2.02. The molecule has 26 heavy (non-hydrogen) atoms. The van der Waals surface area contributed by atoms with E-state index in [0.29, 0.717) is 11.5 Å². The maximum atomic E-state index is 13.4. The first-order chi connectivity index (χ1) is 12.6. The van der Waals surface area contributed by atoms with Crippen LogP contribution in [-0.4, -0.2) is 13.0 Å². The molecule has 0 fully saturated rings. The molecule has 1 aliphatic heterocycles. The summed E-state index contributed by atoms with van der Waals surface area (Å²) in [5, 5.41) is 3.49. The predicted molar refractivity (Wildman–Crippen MR) is 89.1 cm³/mol. The van der Waals surface area contributed by atoms with Crippen LogP contribution in [0.3, 0.4) is 0 Å². The highest BCUT2D eigenvalue weighted by Gasteiger charge is 2.18. The van der Waals surface area contributed by atoms with Crippen molar-refractivity contribution >= 4 is 18.0 Å². The number of nitrogens with one attached hydrogen (secondary N) is 1. The molecule has 3 rings (SSSR count). The molecule has 0 unspecified atom stereocenters. The molecule has 0 aromatic heterocycles. The normalized spacial score (nSPS) is 13.4. The summed E-state index contributed by atoms with van der Waals surface area (Å²) >= 11 is 0. The number of hydrazone groups is 1. The van der Waals surface area contributed by atoms with E-state index in [1.807, 2.05) is 17.6 Å². The molecule has 0 amide bonds. The number of hydrogen-bond acceptors (Lipinski definition) is 4. The summed E-state index contributed by atoms with van der Waals surface area (Å²) in [4.78, 5) is 0. The van der Waals surface area contributed by atoms with Crippen LogP contribution in [0.1, 0.15) is 5.56 Å². The summed E-state index contributed by atoms with van der Waals surface area (Å²) in [6.07, 6.45) is 7.73. The molecule has 2 aromatic rings. The number of nitrogens with zero attached hydrogens (tertiary/aromatic N) is 1. The lowest BCUT2D eigenvalue weighted by atomic mass is 10.2. The first kappa shape index (κ1) is 17.5. The highest BCUT2D eigenvalue weighted by atomic mass is 19.2. The van der Waals surface area contributed by atoms with E-state index >= 15 is 0 Å². The Morgan fingerprint density at radius 1 is 0.885 bits per heavy atom. The summed E-state index contributed by atoms with van der Waals surface area (Å²) in [6.45, 7) is 0.197. The standard InChI is InChI=1S/C18H12F4N2O2/c19-12-9-13(20)17(22)18(16(12)21)24-23-7-3-1-2-4-11-5-6-14-15(8-11)26-10-25-14/h1-9,24H,10H2/b3-1+,4-2+,23-7+. The van der Waals surface area contributed by atoms with Crippen molar-refractivity contribution in [2.75, 3.05) is 12.2 Å². The highest BCUT2D eigenvalue weighted by molar-refractivity contribution is 5.73. The highest BCUT2D eigenvalue weighted by Crippen LogP contribution is 2.32. The third kappa shape index (κ3) is 3.85. The van der Waals surface area contributed by atoms with E-state index in [1.54, 1.807) is 24.3 Å². The molecule has 0 spiro atoms. The topological polar surface area (TPSA) is 42.9 Å². The van der Waals surface area contributed by atoms with Crippen LogP contribution >= 0.6 is 0 Å². The molecule has 1 heterocycles. The van der Waals surface area contributed by atoms with Gasteiger partial charge in [-0.15, -0.1) is 0 Å². The van der Waals surface area contributed by atoms with Crippen molar-refractivity contribution in [3.05, 3.63) is 71.3 Å². The van der Waals surface area contributed by atoms with Crippen LogP contribution in [0.15, 0.2) is 47.6 Å². The van der Waals surface area contributed by atoms with Crippen LogP contribution in [0.25, 0.3) is 6.08 Å². The number of benzene rings is 2. The Balaban J connectivity index is 1.58. The molecule has 0 aliphatic carbocycles. The summed E-state index contributed by atoms with van der Waals surface area (Å²) in [5.41, 5.74) is 1.82. The van der Waals surface area contributed by atoms with Gasteiger partial charge in [-0.3, -0.25) is 5.43 Å². The second-order valence-electron chi connectivity index (χ2n) is 5.09. The minimum atomic E-state index is -1.55. The monoisotopic (exact) mass is 364 g/mol. The summed E-state index contributed by atoms with van der Waals surface area (Å²) in [6, 6.07) is 5.57. The second kappa shape index (κ2) is 7.73. The molecule has 0 saturated heterocycles. The van der Waals surface area contributed by atoms with Crippen molar-refractivity contribution < 1.29 is 27.0 Å². The lowest BCUT2D eigenvalue weighted by Gasteiger charge is -2.04. The Labute approximate surface area is 146 Å². The summed E-state index contributed by atoms with van der Waals surface area (Å²) < 4.78 is 63.3. The van der Waals surface area contributed by atoms with Crippen molar-refractivity contribution in [1.29, 1.82) is 0 Å². The van der Waals surface area contributed by atoms with Gasteiger partial charge >= 0.3 is 0 Å². The number of rotatable bonds is 5. The molecule has 0 atom stereocenters. The van der Waals surface area contributed by atoms with Gasteiger partial charge in [0, 0.05) is 12.3 Å². The van der Waals surface area contributed by atoms with Gasteiger partial charge in [-0.25, -0.2) is 17.6 Å². The molecule has 0 radical (unpaired) electrons. The van der Waals surface area contributed by atoms with Crippen molar-refractivity contribution in [3.8, 4) is 11.5 Å². The van der Waals surface area contributed by atoms with E-state index in [2.05, 4.69) is 5.10 Å². The van der Waals surface area contributed by atoms with Gasteiger partial charge in [-0.2, -0.15) is 5.10 Å². The van der Waals surface area contributed by atoms with E-state index in [0.717, 1.165) is 5.56 Å². The molecule has 1 N–H and O–H groups in total. The van der Waals surface area contributed by atoms with Gasteiger partial charge in [-0.05, 0) is 23.8 Å². The van der Waals surface area contributed by atoms with Gasteiger partial charge in [0.2, 0.25) is 6.79 Å². The molecule has 8 heteroatoms. The third-order valence-electron chi connectivity index (χ3n) is 3.36. The van der Waals surface area contributed by atoms with Gasteiger partial charge in [0.15, 0.2) is 34.8 Å². The van der Waals surface area contributed by atoms with Gasteiger partial charge < -0.3 is 9.47 Å². The molecular formula is C18H12F4N2O2. The van der Waals surface area contributed by atoms with Gasteiger partial charge in [0.1, 0.15) is 5.69 Å². The van der Waals surface area contributed by atoms with E-state index < -0.39 is 29.0 Å². The molecule has 2 aromatic carbocycles. The lowest BCUT2D eigenvalue weighted by molar-refractivity contribution is 0.174. The molecular weight excluding hydrogens is 352 g/mol. The number of halogens is 4. The fourth-order valence-corrected chi connectivity index (χ4v) is 2.11. The van der Waals surface area contributed by atoms with E-state index in [9.17, 15) is 17.6 Å². The Morgan fingerprint density at radius 3 is 2.38 bits per heavy atom. The van der Waals surface area contributed by atoms with Crippen molar-refractivity contribution in [2.45, 2.75) is 0 Å². The molecule has 0 bridgehead atoms. The van der Waals surface area contributed by atoms with E-state index in [1.165, 1.54) is 12.3 Å². The quantitative estimate of drug-likeness (QED) is 0.276. The number of hydrogen-bond donors (Lipinski definition) is 1. The van der Waals surface area contributed by atoms with Gasteiger partial charge in [0.25, 0.3) is 0 Å². The summed E-state index contributed by atoms with van der Waals surface area (Å²) in [5.74, 6) is -4.77. The van der Waals surface area contributed by atoms with Crippen molar-refractivity contribution in [3.63, 3.8) is 0 Å². The Morgan fingerprint density at radius 2 is 1.62 bits per heavy atom. The Hall–Kier alpha value is -3.29. The number of fused-ring (bicyclic) bond motifs is 1. The van der Waals surface area contributed by atoms with Crippen molar-refractivity contribution in [2.24, 2.45) is 5.10 Å². The summed E-state index contributed by atoms with van der Waals surface area (Å²) in [7, 11) is 0. The SMILES string of the molecule is Fc1cc(F)c(F)c(N/N=C/C=C/C=C/c2ccc3c(c2)OCO3)c1F. The number of anilines is 1. The largest absolute Gasteiger partial charge is 0.454 e. The fraction of sp³-hybridized carbons (Fsp3) is 0.0556. The first-order valence-corrected chi connectivity index (χ1v) is 7.41. The smallest absolute Gasteiger partial charge is 0.231 e. The van der Waals surface area contributed by atoms with Crippen LogP contribution in [-0.2, 0) is 0 Å². The maximum Gasteiger partial charge on any atom is 0.231 e. The zero-order chi connectivity index (χ0) is 18.5. The average molecular weight is 364 g/mol. The van der Waals surface area contributed by atoms with Crippen LogP contribution in [0.2, 0.25) is 0 Å². The van der Waals surface area contributed by atoms with Crippen LogP contribution in [0, 0.1) is 23.3 Å². The third-order valence-corrected chi connectivity index (χ3v) is 3.36. The van der Waals surface area contributed by atoms with Crippen LogP contribution in [0.4, 0.5) is 23.2 Å². The zero-order valence-corrected chi connectivity index (χ0v) is 13.2. The van der Waals surface area contributed by atoms with E-state index in [4.69, 9.17) is 9.47 Å². The van der Waals surface area contributed by atoms with Crippen LogP contribution < -0.4 is 14.9 Å². The Bertz CT molecular complexity index is 884. The zero-order valence-electron chi connectivity index (χ0n) is 13.2. The molecule has 134 valence electrons. The molecule has 0 saturated carbocycles. The minimum Gasteiger partial charge on any atom is -0.454 e.